The van der Waals surface area contributed by atoms with Crippen molar-refractivity contribution in [1.82, 2.24) is 15.4 Å². The van der Waals surface area contributed by atoms with E-state index in [9.17, 15) is 8.42 Å². The summed E-state index contributed by atoms with van der Waals surface area (Å²) in [6, 6.07) is 7.28. The van der Waals surface area contributed by atoms with Crippen LogP contribution in [0.4, 0.5) is 0 Å². The summed E-state index contributed by atoms with van der Waals surface area (Å²) in [6.45, 7) is 8.51. The van der Waals surface area contributed by atoms with Crippen LogP contribution in [0, 0.1) is 0 Å². The van der Waals surface area contributed by atoms with Gasteiger partial charge in [-0.2, -0.15) is 0 Å². The molecule has 2 bridgehead atoms. The Morgan fingerprint density at radius 3 is 2.61 bits per heavy atom. The lowest BCUT2D eigenvalue weighted by atomic mass is 9.96. The van der Waals surface area contributed by atoms with Gasteiger partial charge in [0.1, 0.15) is 0 Å². The van der Waals surface area contributed by atoms with Gasteiger partial charge < -0.3 is 15.4 Å². The molecule has 7 nitrogen and oxygen atoms in total. The number of benzene rings is 1. The first-order valence-corrected chi connectivity index (χ1v) is 11.5. The molecule has 1 aromatic carbocycles. The molecule has 0 aromatic heterocycles. The van der Waals surface area contributed by atoms with Crippen molar-refractivity contribution in [2.75, 3.05) is 6.54 Å². The van der Waals surface area contributed by atoms with Gasteiger partial charge >= 0.3 is 0 Å². The van der Waals surface area contributed by atoms with Crippen LogP contribution < -0.4 is 15.4 Å². The Bertz CT molecular complexity index is 817. The number of guanidine groups is 1. The van der Waals surface area contributed by atoms with Crippen molar-refractivity contribution in [2.45, 2.75) is 82.2 Å². The van der Waals surface area contributed by atoms with E-state index in [1.807, 2.05) is 39.8 Å². The molecule has 156 valence electrons. The molecule has 2 aliphatic rings. The number of aliphatic imine (C=N–C) groups is 1. The van der Waals surface area contributed by atoms with Crippen LogP contribution in [0.3, 0.4) is 0 Å². The number of fused-ring (bicyclic) bond motifs is 2. The second-order valence-electron chi connectivity index (χ2n) is 8.52. The summed E-state index contributed by atoms with van der Waals surface area (Å²) in [5, 5.41) is 6.72. The van der Waals surface area contributed by atoms with E-state index in [4.69, 9.17) is 4.74 Å². The molecule has 2 heterocycles. The van der Waals surface area contributed by atoms with Gasteiger partial charge in [-0.3, -0.25) is 0 Å². The Balaban J connectivity index is 1.76. The molecule has 2 saturated heterocycles. The fourth-order valence-electron chi connectivity index (χ4n) is 3.80. The standard InChI is InChI=1S/C20H32N4O3S/c1-5-21-19(23-16-12-15-10-11-17(16)27-15)22-13-14-8-6-7-9-18(14)28(25,26)24-20(2,3)4/h6-9,15-17,24H,5,10-13H2,1-4H3,(H2,21,22,23). The van der Waals surface area contributed by atoms with Gasteiger partial charge in [-0.25, -0.2) is 18.1 Å². The van der Waals surface area contributed by atoms with Crippen LogP contribution >= 0.6 is 0 Å². The molecule has 2 aliphatic heterocycles. The van der Waals surface area contributed by atoms with Crippen molar-refractivity contribution in [1.29, 1.82) is 0 Å². The zero-order valence-electron chi connectivity index (χ0n) is 17.2. The highest BCUT2D eigenvalue weighted by Crippen LogP contribution is 2.34. The highest BCUT2D eigenvalue weighted by molar-refractivity contribution is 7.89. The van der Waals surface area contributed by atoms with Crippen molar-refractivity contribution in [3.05, 3.63) is 29.8 Å². The maximum Gasteiger partial charge on any atom is 0.241 e. The fourth-order valence-corrected chi connectivity index (χ4v) is 5.46. The number of hydrogen-bond donors (Lipinski definition) is 3. The predicted molar refractivity (Wildman–Crippen MR) is 111 cm³/mol. The van der Waals surface area contributed by atoms with Gasteiger partial charge in [0.25, 0.3) is 0 Å². The summed E-state index contributed by atoms with van der Waals surface area (Å²) in [7, 11) is -3.62. The van der Waals surface area contributed by atoms with Crippen molar-refractivity contribution in [3.63, 3.8) is 0 Å². The third-order valence-corrected chi connectivity index (χ3v) is 6.74. The molecule has 2 fully saturated rings. The molecule has 0 saturated carbocycles. The van der Waals surface area contributed by atoms with E-state index in [1.165, 1.54) is 0 Å². The monoisotopic (exact) mass is 408 g/mol. The van der Waals surface area contributed by atoms with E-state index in [-0.39, 0.29) is 23.6 Å². The second-order valence-corrected chi connectivity index (χ2v) is 10.2. The summed E-state index contributed by atoms with van der Waals surface area (Å²) in [5.41, 5.74) is 0.119. The topological polar surface area (TPSA) is 91.8 Å². The summed E-state index contributed by atoms with van der Waals surface area (Å²) < 4.78 is 34.2. The highest BCUT2D eigenvalue weighted by atomic mass is 32.2. The summed E-state index contributed by atoms with van der Waals surface area (Å²) >= 11 is 0. The lowest BCUT2D eigenvalue weighted by Crippen LogP contribution is -2.47. The van der Waals surface area contributed by atoms with Crippen LogP contribution in [0.5, 0.6) is 0 Å². The number of hydrogen-bond acceptors (Lipinski definition) is 4. The van der Waals surface area contributed by atoms with E-state index < -0.39 is 15.6 Å². The molecule has 8 heteroatoms. The molecular weight excluding hydrogens is 376 g/mol. The van der Waals surface area contributed by atoms with Crippen molar-refractivity contribution in [2.24, 2.45) is 4.99 Å². The van der Waals surface area contributed by atoms with E-state index in [1.54, 1.807) is 12.1 Å². The van der Waals surface area contributed by atoms with Gasteiger partial charge in [-0.1, -0.05) is 18.2 Å². The number of rotatable bonds is 6. The quantitative estimate of drug-likeness (QED) is 0.495. The first-order valence-electron chi connectivity index (χ1n) is 10.00. The third-order valence-electron chi connectivity index (χ3n) is 4.88. The number of nitrogens with zero attached hydrogens (tertiary/aromatic N) is 1. The van der Waals surface area contributed by atoms with Crippen LogP contribution in [0.25, 0.3) is 0 Å². The van der Waals surface area contributed by atoms with Gasteiger partial charge in [-0.15, -0.1) is 0 Å². The summed E-state index contributed by atoms with van der Waals surface area (Å²) in [6.07, 6.45) is 3.83. The van der Waals surface area contributed by atoms with Crippen molar-refractivity contribution >= 4 is 16.0 Å². The Hall–Kier alpha value is -1.64. The van der Waals surface area contributed by atoms with Crippen LogP contribution in [0.15, 0.2) is 34.2 Å². The normalized spacial score (nSPS) is 25.1. The average molecular weight is 409 g/mol. The van der Waals surface area contributed by atoms with Crippen molar-refractivity contribution in [3.8, 4) is 0 Å². The number of nitrogens with one attached hydrogen (secondary N) is 3. The molecular formula is C20H32N4O3S. The molecule has 3 unspecified atom stereocenters. The molecule has 0 radical (unpaired) electrons. The minimum atomic E-state index is -3.62. The van der Waals surface area contributed by atoms with Gasteiger partial charge in [0.05, 0.1) is 29.7 Å². The Kier molecular flexibility index (Phi) is 6.31. The van der Waals surface area contributed by atoms with E-state index in [0.717, 1.165) is 25.8 Å². The largest absolute Gasteiger partial charge is 0.373 e. The maximum absolute atomic E-state index is 12.8. The first-order chi connectivity index (χ1) is 13.2. The molecule has 1 aromatic rings. The predicted octanol–water partition coefficient (Wildman–Crippen LogP) is 2.14. The van der Waals surface area contributed by atoms with Gasteiger partial charge in [0.2, 0.25) is 10.0 Å². The number of ether oxygens (including phenoxy) is 1. The van der Waals surface area contributed by atoms with Gasteiger partial charge in [0, 0.05) is 12.1 Å². The second kappa shape index (κ2) is 8.39. The van der Waals surface area contributed by atoms with Crippen LogP contribution in [-0.4, -0.2) is 44.7 Å². The van der Waals surface area contributed by atoms with Gasteiger partial charge in [0.15, 0.2) is 5.96 Å². The lowest BCUT2D eigenvalue weighted by molar-refractivity contribution is 0.0992. The van der Waals surface area contributed by atoms with Gasteiger partial charge in [-0.05, 0) is 58.6 Å². The summed E-state index contributed by atoms with van der Waals surface area (Å²) in [5.74, 6) is 0.694. The summed E-state index contributed by atoms with van der Waals surface area (Å²) in [4.78, 5) is 4.92. The zero-order chi connectivity index (χ0) is 20.4. The molecule has 0 spiro atoms. The fraction of sp³-hybridized carbons (Fsp3) is 0.650. The Labute approximate surface area is 168 Å². The molecule has 28 heavy (non-hydrogen) atoms. The maximum atomic E-state index is 12.8. The zero-order valence-corrected chi connectivity index (χ0v) is 18.0. The highest BCUT2D eigenvalue weighted by Gasteiger charge is 2.41. The minimum Gasteiger partial charge on any atom is -0.373 e. The molecule has 3 atom stereocenters. The van der Waals surface area contributed by atoms with Crippen molar-refractivity contribution < 1.29 is 13.2 Å². The molecule has 3 rings (SSSR count). The van der Waals surface area contributed by atoms with Crippen LogP contribution in [0.2, 0.25) is 0 Å². The third kappa shape index (κ3) is 5.24. The van der Waals surface area contributed by atoms with E-state index in [2.05, 4.69) is 20.3 Å². The SMILES string of the molecule is CCNC(=NCc1ccccc1S(=O)(=O)NC(C)(C)C)NC1CC2CCC1O2. The molecule has 0 aliphatic carbocycles. The smallest absolute Gasteiger partial charge is 0.241 e. The average Bonchev–Trinajstić information content (AvgIpc) is 3.21. The minimum absolute atomic E-state index is 0.248. The number of sulfonamides is 1. The Morgan fingerprint density at radius 2 is 2.00 bits per heavy atom. The molecule has 3 N–H and O–H groups in total. The van der Waals surface area contributed by atoms with Crippen LogP contribution in [-0.2, 0) is 21.3 Å². The Morgan fingerprint density at radius 1 is 1.25 bits per heavy atom. The van der Waals surface area contributed by atoms with E-state index in [0.29, 0.717) is 17.6 Å². The first kappa shape index (κ1) is 21.1. The van der Waals surface area contributed by atoms with Crippen LogP contribution in [0.1, 0.15) is 52.5 Å². The van der Waals surface area contributed by atoms with E-state index >= 15 is 0 Å². The lowest BCUT2D eigenvalue weighted by Gasteiger charge is -2.23. The molecule has 0 amide bonds.